The predicted octanol–water partition coefficient (Wildman–Crippen LogP) is 4.48. The van der Waals surface area contributed by atoms with Crippen LogP contribution in [0, 0.1) is 0 Å². The first-order valence-corrected chi connectivity index (χ1v) is 11.3. The number of esters is 2. The molecule has 1 rings (SSSR count). The summed E-state index contributed by atoms with van der Waals surface area (Å²) in [5.41, 5.74) is 0. The lowest BCUT2D eigenvalue weighted by molar-refractivity contribution is -0.151. The highest BCUT2D eigenvalue weighted by Gasteiger charge is 2.36. The van der Waals surface area contributed by atoms with Gasteiger partial charge in [0.1, 0.15) is 19.3 Å². The predicted molar refractivity (Wildman–Crippen MR) is 112 cm³/mol. The minimum absolute atomic E-state index is 0.135. The third kappa shape index (κ3) is 15.1. The van der Waals surface area contributed by atoms with Gasteiger partial charge >= 0.3 is 11.9 Å². The van der Waals surface area contributed by atoms with Gasteiger partial charge in [-0.05, 0) is 32.1 Å². The van der Waals surface area contributed by atoms with E-state index >= 15 is 0 Å². The number of hydrogen-bond acceptors (Lipinski definition) is 6. The lowest BCUT2D eigenvalue weighted by Crippen LogP contribution is -2.24. The maximum absolute atomic E-state index is 11.6. The Kier molecular flexibility index (Phi) is 14.5. The Bertz CT molecular complexity index is 476. The Balaban J connectivity index is 1.84. The van der Waals surface area contributed by atoms with Crippen LogP contribution in [-0.2, 0) is 23.8 Å². The number of aliphatic hydroxyl groups excluding tert-OH is 1. The fourth-order valence-electron chi connectivity index (χ4n) is 3.17. The minimum atomic E-state index is -0.964. The molecule has 168 valence electrons. The summed E-state index contributed by atoms with van der Waals surface area (Å²) < 4.78 is 15.3. The van der Waals surface area contributed by atoms with Crippen molar-refractivity contribution in [2.45, 2.75) is 109 Å². The first kappa shape index (κ1) is 25.6. The highest BCUT2D eigenvalue weighted by molar-refractivity contribution is 5.69. The molecule has 1 aliphatic rings. The molecule has 29 heavy (non-hydrogen) atoms. The zero-order chi connectivity index (χ0) is 21.3. The summed E-state index contributed by atoms with van der Waals surface area (Å²) in [5, 5.41) is 9.50. The molecule has 1 fully saturated rings. The Hall–Kier alpha value is -1.40. The normalized spacial score (nSPS) is 19.3. The highest BCUT2D eigenvalue weighted by Crippen LogP contribution is 2.30. The fourth-order valence-corrected chi connectivity index (χ4v) is 3.17. The Morgan fingerprint density at radius 3 is 2.45 bits per heavy atom. The topological polar surface area (TPSA) is 85.4 Å². The molecule has 1 saturated heterocycles. The van der Waals surface area contributed by atoms with Gasteiger partial charge in [0, 0.05) is 13.3 Å². The van der Waals surface area contributed by atoms with Crippen LogP contribution < -0.4 is 0 Å². The van der Waals surface area contributed by atoms with E-state index in [0.717, 1.165) is 32.1 Å². The van der Waals surface area contributed by atoms with Crippen molar-refractivity contribution < 1.29 is 28.9 Å². The zero-order valence-corrected chi connectivity index (χ0v) is 18.3. The van der Waals surface area contributed by atoms with Crippen LogP contribution in [0.15, 0.2) is 12.2 Å². The molecule has 0 bridgehead atoms. The molecule has 0 amide bonds. The maximum atomic E-state index is 11.6. The summed E-state index contributed by atoms with van der Waals surface area (Å²) in [6.07, 6.45) is 17.4. The number of rotatable bonds is 18. The number of allylic oxidation sites excluding steroid dienone is 1. The van der Waals surface area contributed by atoms with E-state index in [-0.39, 0.29) is 19.2 Å². The van der Waals surface area contributed by atoms with Crippen LogP contribution in [0.3, 0.4) is 0 Å². The summed E-state index contributed by atoms with van der Waals surface area (Å²) in [4.78, 5) is 22.2. The van der Waals surface area contributed by atoms with Gasteiger partial charge in [-0.15, -0.1) is 0 Å². The molecule has 1 N–H and O–H groups in total. The molecule has 6 heteroatoms. The summed E-state index contributed by atoms with van der Waals surface area (Å²) in [7, 11) is 0. The molecule has 1 heterocycles. The van der Waals surface area contributed by atoms with E-state index in [1.54, 1.807) is 0 Å². The molecule has 3 atom stereocenters. The van der Waals surface area contributed by atoms with Crippen molar-refractivity contribution >= 4 is 11.9 Å². The van der Waals surface area contributed by atoms with Crippen LogP contribution in [0.25, 0.3) is 0 Å². The molecule has 6 nitrogen and oxygen atoms in total. The summed E-state index contributed by atoms with van der Waals surface area (Å²) in [5.74, 6) is -0.778. The number of unbranched alkanes of at least 4 members (excludes halogenated alkanes) is 7. The summed E-state index contributed by atoms with van der Waals surface area (Å²) in [6, 6.07) is 0. The van der Waals surface area contributed by atoms with E-state index in [0.29, 0.717) is 18.6 Å². The van der Waals surface area contributed by atoms with Gasteiger partial charge in [-0.2, -0.15) is 0 Å². The smallest absolute Gasteiger partial charge is 0.305 e. The van der Waals surface area contributed by atoms with Crippen molar-refractivity contribution in [3.05, 3.63) is 12.2 Å². The van der Waals surface area contributed by atoms with E-state index in [4.69, 9.17) is 9.47 Å². The molecule has 2 unspecified atom stereocenters. The van der Waals surface area contributed by atoms with Crippen molar-refractivity contribution in [2.75, 3.05) is 13.2 Å². The number of hydrogen-bond donors (Lipinski definition) is 1. The van der Waals surface area contributed by atoms with Gasteiger partial charge in [0.25, 0.3) is 0 Å². The second-order valence-corrected chi connectivity index (χ2v) is 7.86. The second kappa shape index (κ2) is 16.4. The van der Waals surface area contributed by atoms with Crippen LogP contribution in [0.2, 0.25) is 0 Å². The van der Waals surface area contributed by atoms with E-state index in [2.05, 4.69) is 23.8 Å². The Morgan fingerprint density at radius 1 is 0.966 bits per heavy atom. The standard InChI is InChI=1S/C23H40O6/c1-3-4-11-14-21-22(29-21)15-12-9-7-5-6-8-10-13-16-23(26)28-18-20(25)17-27-19(2)24/h9,12,20-22,25H,3-8,10-11,13-18H2,1-2H3/b12-9-/t20-,21?,22?/m1/s1. The van der Waals surface area contributed by atoms with Crippen LogP contribution >= 0.6 is 0 Å². The van der Waals surface area contributed by atoms with Gasteiger partial charge in [0.2, 0.25) is 0 Å². The molecule has 0 aromatic carbocycles. The van der Waals surface area contributed by atoms with Crippen LogP contribution in [-0.4, -0.2) is 48.6 Å². The summed E-state index contributed by atoms with van der Waals surface area (Å²) in [6.45, 7) is 3.21. The van der Waals surface area contributed by atoms with Crippen LogP contribution in [0.4, 0.5) is 0 Å². The third-order valence-corrected chi connectivity index (χ3v) is 4.98. The Labute approximate surface area is 176 Å². The van der Waals surface area contributed by atoms with Crippen molar-refractivity contribution in [1.29, 1.82) is 0 Å². The largest absolute Gasteiger partial charge is 0.463 e. The minimum Gasteiger partial charge on any atom is -0.463 e. The maximum Gasteiger partial charge on any atom is 0.305 e. The van der Waals surface area contributed by atoms with E-state index in [1.807, 2.05) is 0 Å². The van der Waals surface area contributed by atoms with Gasteiger partial charge in [-0.3, -0.25) is 9.59 Å². The molecule has 0 radical (unpaired) electrons. The quantitative estimate of drug-likeness (QED) is 0.155. The van der Waals surface area contributed by atoms with Gasteiger partial charge < -0.3 is 19.3 Å². The zero-order valence-electron chi connectivity index (χ0n) is 18.3. The number of epoxide rings is 1. The second-order valence-electron chi connectivity index (χ2n) is 7.86. The highest BCUT2D eigenvalue weighted by atomic mass is 16.6. The number of ether oxygens (including phenoxy) is 3. The van der Waals surface area contributed by atoms with Crippen molar-refractivity contribution in [3.8, 4) is 0 Å². The van der Waals surface area contributed by atoms with Gasteiger partial charge in [-0.1, -0.05) is 57.6 Å². The first-order valence-electron chi connectivity index (χ1n) is 11.3. The molecule has 0 spiro atoms. The molecule has 0 aromatic rings. The summed E-state index contributed by atoms with van der Waals surface area (Å²) >= 11 is 0. The lowest BCUT2D eigenvalue weighted by atomic mass is 10.1. The molecule has 0 aliphatic carbocycles. The average Bonchev–Trinajstić information content (AvgIpc) is 3.44. The first-order chi connectivity index (χ1) is 14.0. The van der Waals surface area contributed by atoms with Gasteiger partial charge in [-0.25, -0.2) is 0 Å². The molecule has 1 aliphatic heterocycles. The van der Waals surface area contributed by atoms with E-state index in [9.17, 15) is 14.7 Å². The van der Waals surface area contributed by atoms with E-state index in [1.165, 1.54) is 45.4 Å². The van der Waals surface area contributed by atoms with Crippen molar-refractivity contribution in [1.82, 2.24) is 0 Å². The SMILES string of the molecule is CCCCCC1OC1C/C=C\CCCCCCCC(=O)OC[C@H](O)COC(C)=O. The van der Waals surface area contributed by atoms with Crippen LogP contribution in [0.1, 0.15) is 90.9 Å². The molecule has 0 aromatic heterocycles. The van der Waals surface area contributed by atoms with Gasteiger partial charge in [0.15, 0.2) is 0 Å². The Morgan fingerprint density at radius 2 is 1.69 bits per heavy atom. The van der Waals surface area contributed by atoms with Crippen molar-refractivity contribution in [3.63, 3.8) is 0 Å². The average molecular weight is 413 g/mol. The van der Waals surface area contributed by atoms with Gasteiger partial charge in [0.05, 0.1) is 12.2 Å². The van der Waals surface area contributed by atoms with E-state index < -0.39 is 12.1 Å². The van der Waals surface area contributed by atoms with Crippen molar-refractivity contribution in [2.24, 2.45) is 0 Å². The molecular formula is C23H40O6. The van der Waals surface area contributed by atoms with Crippen LogP contribution in [0.5, 0.6) is 0 Å². The fraction of sp³-hybridized carbons (Fsp3) is 0.826. The number of carbonyl (C=O) groups is 2. The molecule has 0 saturated carbocycles. The lowest BCUT2D eigenvalue weighted by Gasteiger charge is -2.11. The number of aliphatic hydroxyl groups is 1. The number of carbonyl (C=O) groups excluding carboxylic acids is 2. The third-order valence-electron chi connectivity index (χ3n) is 4.98. The molecular weight excluding hydrogens is 372 g/mol. The monoisotopic (exact) mass is 412 g/mol.